The highest BCUT2D eigenvalue weighted by Crippen LogP contribution is 2.32. The molecule has 0 saturated carbocycles. The van der Waals surface area contributed by atoms with Crippen molar-refractivity contribution in [1.82, 2.24) is 20.0 Å². The molecule has 0 bridgehead atoms. The summed E-state index contributed by atoms with van der Waals surface area (Å²) in [6.45, 7) is 1.67. The summed E-state index contributed by atoms with van der Waals surface area (Å²) in [5.41, 5.74) is 0.583. The molecular weight excluding hydrogens is 229 g/mol. The van der Waals surface area contributed by atoms with Crippen molar-refractivity contribution in [1.29, 1.82) is 0 Å². The first kappa shape index (κ1) is 10.1. The Morgan fingerprint density at radius 1 is 1.40 bits per heavy atom. The highest BCUT2D eigenvalue weighted by molar-refractivity contribution is 7.13. The third-order valence-corrected chi connectivity index (χ3v) is 2.55. The van der Waals surface area contributed by atoms with Crippen LogP contribution in [-0.2, 0) is 6.18 Å². The van der Waals surface area contributed by atoms with E-state index in [1.165, 1.54) is 10.9 Å². The number of nitrogens with zero attached hydrogens (tertiary/aromatic N) is 4. The van der Waals surface area contributed by atoms with Crippen LogP contribution >= 0.6 is 11.3 Å². The van der Waals surface area contributed by atoms with Crippen molar-refractivity contribution in [2.75, 3.05) is 0 Å². The third kappa shape index (κ3) is 1.84. The lowest BCUT2D eigenvalue weighted by molar-refractivity contribution is -0.138. The van der Waals surface area contributed by atoms with Gasteiger partial charge in [-0.1, -0.05) is 11.3 Å². The molecule has 0 amide bonds. The molecule has 1 radical (unpaired) electrons. The van der Waals surface area contributed by atoms with Gasteiger partial charge in [-0.25, -0.2) is 4.68 Å². The maximum atomic E-state index is 12.2. The van der Waals surface area contributed by atoms with Gasteiger partial charge in [0.05, 0.1) is 11.9 Å². The van der Waals surface area contributed by atoms with E-state index in [2.05, 4.69) is 21.4 Å². The van der Waals surface area contributed by atoms with Crippen LogP contribution < -0.4 is 0 Å². The monoisotopic (exact) mass is 233 g/mol. The molecule has 0 aliphatic rings. The molecule has 15 heavy (non-hydrogen) atoms. The number of hydrogen-bond acceptors (Lipinski definition) is 4. The van der Waals surface area contributed by atoms with E-state index >= 15 is 0 Å². The van der Waals surface area contributed by atoms with E-state index < -0.39 is 11.2 Å². The van der Waals surface area contributed by atoms with Crippen LogP contribution in [0.3, 0.4) is 0 Å². The molecule has 0 fully saturated rings. The lowest BCUT2D eigenvalue weighted by Gasteiger charge is -1.98. The average Bonchev–Trinajstić information content (AvgIpc) is 2.69. The van der Waals surface area contributed by atoms with Crippen LogP contribution in [0.15, 0.2) is 6.20 Å². The Morgan fingerprint density at radius 2 is 2.13 bits per heavy atom. The fourth-order valence-corrected chi connectivity index (χ4v) is 1.66. The molecule has 0 aliphatic carbocycles. The quantitative estimate of drug-likeness (QED) is 0.755. The molecule has 0 aromatic carbocycles. The van der Waals surface area contributed by atoms with Gasteiger partial charge in [-0.05, 0) is 6.92 Å². The van der Waals surface area contributed by atoms with Gasteiger partial charge in [-0.2, -0.15) is 18.3 Å². The van der Waals surface area contributed by atoms with Crippen molar-refractivity contribution in [2.24, 2.45) is 0 Å². The Labute approximate surface area is 86.4 Å². The minimum atomic E-state index is -4.46. The van der Waals surface area contributed by atoms with Crippen LogP contribution in [0.5, 0.6) is 0 Å². The van der Waals surface area contributed by atoms with Crippen molar-refractivity contribution in [3.8, 4) is 5.13 Å². The van der Waals surface area contributed by atoms with Crippen molar-refractivity contribution < 1.29 is 13.2 Å². The molecule has 2 rings (SSSR count). The highest BCUT2D eigenvalue weighted by Gasteiger charge is 2.36. The molecule has 2 aromatic rings. The zero-order valence-corrected chi connectivity index (χ0v) is 8.22. The first-order valence-corrected chi connectivity index (χ1v) is 4.63. The van der Waals surface area contributed by atoms with Crippen LogP contribution in [-0.4, -0.2) is 20.0 Å². The zero-order chi connectivity index (χ0) is 11.1. The van der Waals surface area contributed by atoms with Crippen LogP contribution in [0, 0.1) is 13.0 Å². The summed E-state index contributed by atoms with van der Waals surface area (Å²) in [6, 6.07) is 2.72. The first-order chi connectivity index (χ1) is 6.98. The van der Waals surface area contributed by atoms with Crippen LogP contribution in [0.25, 0.3) is 5.13 Å². The van der Waals surface area contributed by atoms with Crippen LogP contribution in [0.4, 0.5) is 13.2 Å². The van der Waals surface area contributed by atoms with Crippen molar-refractivity contribution in [3.63, 3.8) is 0 Å². The number of alkyl halides is 3. The predicted octanol–water partition coefficient (Wildman–Crippen LogP) is 1.85. The lowest BCUT2D eigenvalue weighted by Crippen LogP contribution is -2.03. The molecule has 0 atom stereocenters. The minimum Gasteiger partial charge on any atom is -0.209 e. The number of hydrogen-bond donors (Lipinski definition) is 0. The summed E-state index contributed by atoms with van der Waals surface area (Å²) in [4.78, 5) is 0. The SMILES string of the molecule is Cc1[c]cnn1-c1nnc(C(F)(F)F)s1. The fraction of sp³-hybridized carbons (Fsp3) is 0.286. The van der Waals surface area contributed by atoms with Crippen LogP contribution in [0.1, 0.15) is 10.7 Å². The van der Waals surface area contributed by atoms with E-state index in [-0.39, 0.29) is 5.13 Å². The number of halogens is 3. The molecule has 0 spiro atoms. The second kappa shape index (κ2) is 3.30. The van der Waals surface area contributed by atoms with E-state index in [4.69, 9.17) is 0 Å². The number of aromatic nitrogens is 4. The smallest absolute Gasteiger partial charge is 0.209 e. The molecule has 79 valence electrons. The second-order valence-electron chi connectivity index (χ2n) is 2.67. The maximum Gasteiger partial charge on any atom is 0.445 e. The van der Waals surface area contributed by atoms with E-state index in [1.54, 1.807) is 6.92 Å². The molecule has 4 nitrogen and oxygen atoms in total. The van der Waals surface area contributed by atoms with Gasteiger partial charge in [0.2, 0.25) is 10.1 Å². The average molecular weight is 233 g/mol. The van der Waals surface area contributed by atoms with Gasteiger partial charge in [0.25, 0.3) is 0 Å². The normalized spacial score (nSPS) is 12.0. The highest BCUT2D eigenvalue weighted by atomic mass is 32.1. The van der Waals surface area contributed by atoms with Gasteiger partial charge in [0.15, 0.2) is 0 Å². The molecule has 2 heterocycles. The summed E-state index contributed by atoms with van der Waals surface area (Å²) in [5, 5.41) is 9.36. The van der Waals surface area contributed by atoms with E-state index in [0.29, 0.717) is 17.0 Å². The Balaban J connectivity index is 2.41. The van der Waals surface area contributed by atoms with Gasteiger partial charge >= 0.3 is 6.18 Å². The van der Waals surface area contributed by atoms with Gasteiger partial charge < -0.3 is 0 Å². The summed E-state index contributed by atoms with van der Waals surface area (Å²) in [7, 11) is 0. The summed E-state index contributed by atoms with van der Waals surface area (Å²) in [6.07, 6.45) is -3.09. The van der Waals surface area contributed by atoms with Gasteiger partial charge in [-0.3, -0.25) is 0 Å². The van der Waals surface area contributed by atoms with E-state index in [0.717, 1.165) is 0 Å². The standard InChI is InChI=1S/C7H4F3N4S/c1-4-2-3-11-14(4)6-13-12-5(15-6)7(8,9)10/h3H,1H3. The molecule has 0 saturated heterocycles. The second-order valence-corrected chi connectivity index (χ2v) is 3.63. The Morgan fingerprint density at radius 3 is 2.60 bits per heavy atom. The van der Waals surface area contributed by atoms with Gasteiger partial charge in [0, 0.05) is 6.07 Å². The molecule has 2 aromatic heterocycles. The summed E-state index contributed by atoms with van der Waals surface area (Å²) in [5.74, 6) is 0. The topological polar surface area (TPSA) is 43.6 Å². The summed E-state index contributed by atoms with van der Waals surface area (Å²) < 4.78 is 37.9. The zero-order valence-electron chi connectivity index (χ0n) is 7.41. The maximum absolute atomic E-state index is 12.2. The minimum absolute atomic E-state index is 0.0843. The predicted molar refractivity (Wildman–Crippen MR) is 45.6 cm³/mol. The van der Waals surface area contributed by atoms with Gasteiger partial charge in [-0.15, -0.1) is 10.2 Å². The molecule has 0 aliphatic heterocycles. The number of aryl methyl sites for hydroxylation is 1. The van der Waals surface area contributed by atoms with Crippen molar-refractivity contribution >= 4 is 11.3 Å². The molecular formula is C7H4F3N4S. The Bertz CT molecular complexity index is 473. The largest absolute Gasteiger partial charge is 0.445 e. The number of rotatable bonds is 1. The Hall–Kier alpha value is -1.44. The van der Waals surface area contributed by atoms with Gasteiger partial charge in [0.1, 0.15) is 0 Å². The summed E-state index contributed by atoms with van der Waals surface area (Å²) >= 11 is 0.445. The van der Waals surface area contributed by atoms with Crippen LogP contribution in [0.2, 0.25) is 0 Å². The third-order valence-electron chi connectivity index (χ3n) is 1.60. The van der Waals surface area contributed by atoms with Crippen molar-refractivity contribution in [3.05, 3.63) is 23.0 Å². The Kier molecular flexibility index (Phi) is 2.22. The fourth-order valence-electron chi connectivity index (χ4n) is 0.936. The van der Waals surface area contributed by atoms with E-state index in [1.807, 2.05) is 0 Å². The first-order valence-electron chi connectivity index (χ1n) is 3.82. The lowest BCUT2D eigenvalue weighted by atomic mass is 10.5. The molecule has 0 unspecified atom stereocenters. The molecule has 8 heteroatoms. The van der Waals surface area contributed by atoms with E-state index in [9.17, 15) is 13.2 Å². The van der Waals surface area contributed by atoms with Crippen molar-refractivity contribution in [2.45, 2.75) is 13.1 Å². The molecule has 0 N–H and O–H groups in total.